The molecule has 2 rings (SSSR count). The molecule has 94 valence electrons. The molecule has 0 aliphatic carbocycles. The molecule has 1 N–H and O–H groups in total. The first-order valence-electron chi connectivity index (χ1n) is 6.20. The minimum absolute atomic E-state index is 0.619. The van der Waals surface area contributed by atoms with E-state index in [2.05, 4.69) is 28.3 Å². The highest BCUT2D eigenvalue weighted by Gasteiger charge is 2.18. The van der Waals surface area contributed by atoms with E-state index in [1.165, 1.54) is 12.8 Å². The molecule has 1 fully saturated rings. The molecule has 1 aliphatic rings. The fourth-order valence-electron chi connectivity index (χ4n) is 2.34. The van der Waals surface area contributed by atoms with Gasteiger partial charge in [-0.3, -0.25) is 4.90 Å². The molecule has 1 unspecified atom stereocenters. The van der Waals surface area contributed by atoms with Gasteiger partial charge in [-0.1, -0.05) is 6.07 Å². The standard InChI is InChI=1S/C13H21N3O/c1-16(12-6-4-7-14-9-12)10-11-5-3-8-15-13(11)17-2/h3,5,8,12,14H,4,6-7,9-10H2,1-2H3. The monoisotopic (exact) mass is 235 g/mol. The zero-order valence-corrected chi connectivity index (χ0v) is 10.6. The number of hydrogen-bond donors (Lipinski definition) is 1. The summed E-state index contributed by atoms with van der Waals surface area (Å²) >= 11 is 0. The molecule has 0 spiro atoms. The fourth-order valence-corrected chi connectivity index (χ4v) is 2.34. The van der Waals surface area contributed by atoms with Gasteiger partial charge in [0, 0.05) is 30.9 Å². The van der Waals surface area contributed by atoms with Crippen LogP contribution in [0.25, 0.3) is 0 Å². The Morgan fingerprint density at radius 2 is 2.47 bits per heavy atom. The zero-order valence-electron chi connectivity index (χ0n) is 10.6. The van der Waals surface area contributed by atoms with Gasteiger partial charge in [-0.25, -0.2) is 4.98 Å². The second kappa shape index (κ2) is 5.98. The van der Waals surface area contributed by atoms with Crippen molar-refractivity contribution in [1.29, 1.82) is 0 Å². The van der Waals surface area contributed by atoms with E-state index in [1.807, 2.05) is 6.07 Å². The largest absolute Gasteiger partial charge is 0.481 e. The Balaban J connectivity index is 1.99. The summed E-state index contributed by atoms with van der Waals surface area (Å²) in [6.45, 7) is 3.13. The summed E-state index contributed by atoms with van der Waals surface area (Å²) in [6, 6.07) is 4.66. The number of hydrogen-bond acceptors (Lipinski definition) is 4. The molecule has 17 heavy (non-hydrogen) atoms. The lowest BCUT2D eigenvalue weighted by Gasteiger charge is -2.31. The first kappa shape index (κ1) is 12.3. The molecule has 0 saturated carbocycles. The molecule has 1 atom stereocenters. The third-order valence-electron chi connectivity index (χ3n) is 3.36. The number of likely N-dealkylation sites (N-methyl/N-ethyl adjacent to an activating group) is 1. The quantitative estimate of drug-likeness (QED) is 0.853. The summed E-state index contributed by atoms with van der Waals surface area (Å²) in [4.78, 5) is 6.61. The van der Waals surface area contributed by atoms with Crippen molar-refractivity contribution >= 4 is 0 Å². The summed E-state index contributed by atoms with van der Waals surface area (Å²) in [6.07, 6.45) is 4.30. The van der Waals surface area contributed by atoms with Gasteiger partial charge >= 0.3 is 0 Å². The van der Waals surface area contributed by atoms with Gasteiger partial charge in [0.15, 0.2) is 0 Å². The van der Waals surface area contributed by atoms with Crippen LogP contribution in [0.4, 0.5) is 0 Å². The topological polar surface area (TPSA) is 37.4 Å². The van der Waals surface area contributed by atoms with Gasteiger partial charge in [-0.05, 0) is 32.5 Å². The fraction of sp³-hybridized carbons (Fsp3) is 0.615. The van der Waals surface area contributed by atoms with Crippen molar-refractivity contribution in [3.8, 4) is 5.88 Å². The number of methoxy groups -OCH3 is 1. The number of ether oxygens (including phenoxy) is 1. The van der Waals surface area contributed by atoms with Crippen molar-refractivity contribution < 1.29 is 4.74 Å². The summed E-state index contributed by atoms with van der Waals surface area (Å²) < 4.78 is 5.28. The number of nitrogens with zero attached hydrogens (tertiary/aromatic N) is 2. The van der Waals surface area contributed by atoms with E-state index >= 15 is 0 Å². The van der Waals surface area contributed by atoms with Crippen molar-refractivity contribution in [1.82, 2.24) is 15.2 Å². The lowest BCUT2D eigenvalue weighted by Crippen LogP contribution is -2.43. The van der Waals surface area contributed by atoms with Crippen LogP contribution in [0.15, 0.2) is 18.3 Å². The third kappa shape index (κ3) is 3.17. The predicted molar refractivity (Wildman–Crippen MR) is 68.1 cm³/mol. The Kier molecular flexibility index (Phi) is 4.34. The van der Waals surface area contributed by atoms with Crippen molar-refractivity contribution in [3.05, 3.63) is 23.9 Å². The van der Waals surface area contributed by atoms with Gasteiger partial charge in [0.05, 0.1) is 7.11 Å². The van der Waals surface area contributed by atoms with Crippen LogP contribution in [0, 0.1) is 0 Å². The highest BCUT2D eigenvalue weighted by atomic mass is 16.5. The summed E-state index contributed by atoms with van der Waals surface area (Å²) in [5, 5.41) is 3.44. The highest BCUT2D eigenvalue weighted by Crippen LogP contribution is 2.18. The third-order valence-corrected chi connectivity index (χ3v) is 3.36. The van der Waals surface area contributed by atoms with Crippen LogP contribution in [0.3, 0.4) is 0 Å². The van der Waals surface area contributed by atoms with Gasteiger partial charge in [0.2, 0.25) is 5.88 Å². The van der Waals surface area contributed by atoms with Crippen LogP contribution in [0.2, 0.25) is 0 Å². The zero-order chi connectivity index (χ0) is 12.1. The van der Waals surface area contributed by atoms with Crippen molar-refractivity contribution in [3.63, 3.8) is 0 Å². The van der Waals surface area contributed by atoms with E-state index in [1.54, 1.807) is 13.3 Å². The molecule has 1 aliphatic heterocycles. The van der Waals surface area contributed by atoms with Crippen LogP contribution in [-0.2, 0) is 6.54 Å². The molecule has 0 aromatic carbocycles. The van der Waals surface area contributed by atoms with Crippen molar-refractivity contribution in [2.75, 3.05) is 27.2 Å². The van der Waals surface area contributed by atoms with Crippen LogP contribution in [0.1, 0.15) is 18.4 Å². The molecular weight excluding hydrogens is 214 g/mol. The Hall–Kier alpha value is -1.13. The van der Waals surface area contributed by atoms with E-state index in [0.29, 0.717) is 6.04 Å². The summed E-state index contributed by atoms with van der Waals surface area (Å²) in [5.74, 6) is 0.739. The van der Waals surface area contributed by atoms with E-state index in [-0.39, 0.29) is 0 Å². The lowest BCUT2D eigenvalue weighted by atomic mass is 10.1. The van der Waals surface area contributed by atoms with Gasteiger partial charge in [-0.15, -0.1) is 0 Å². The van der Waals surface area contributed by atoms with Crippen LogP contribution < -0.4 is 10.1 Å². The van der Waals surface area contributed by atoms with E-state index in [4.69, 9.17) is 4.74 Å². The van der Waals surface area contributed by atoms with Gasteiger partial charge in [-0.2, -0.15) is 0 Å². The smallest absolute Gasteiger partial charge is 0.217 e. The van der Waals surface area contributed by atoms with Crippen LogP contribution >= 0.6 is 0 Å². The molecule has 1 aromatic heterocycles. The second-order valence-electron chi connectivity index (χ2n) is 4.59. The summed E-state index contributed by atoms with van der Waals surface area (Å²) in [5.41, 5.74) is 1.16. The van der Waals surface area contributed by atoms with Crippen LogP contribution in [-0.4, -0.2) is 43.2 Å². The predicted octanol–water partition coefficient (Wildman–Crippen LogP) is 1.27. The number of aromatic nitrogens is 1. The van der Waals surface area contributed by atoms with Crippen LogP contribution in [0.5, 0.6) is 5.88 Å². The lowest BCUT2D eigenvalue weighted by molar-refractivity contribution is 0.193. The van der Waals surface area contributed by atoms with E-state index in [0.717, 1.165) is 31.1 Å². The average molecular weight is 235 g/mol. The number of rotatable bonds is 4. The molecule has 0 amide bonds. The number of pyridine rings is 1. The number of piperidine rings is 1. The molecule has 0 radical (unpaired) electrons. The Labute approximate surface area is 103 Å². The molecule has 4 heteroatoms. The number of nitrogens with one attached hydrogen (secondary N) is 1. The Morgan fingerprint density at radius 3 is 3.18 bits per heavy atom. The minimum atomic E-state index is 0.619. The maximum atomic E-state index is 5.28. The first-order valence-corrected chi connectivity index (χ1v) is 6.20. The van der Waals surface area contributed by atoms with Gasteiger partial charge < -0.3 is 10.1 Å². The van der Waals surface area contributed by atoms with E-state index < -0.39 is 0 Å². The molecule has 1 aromatic rings. The molecule has 1 saturated heterocycles. The minimum Gasteiger partial charge on any atom is -0.481 e. The molecule has 0 bridgehead atoms. The van der Waals surface area contributed by atoms with Crippen molar-refractivity contribution in [2.45, 2.75) is 25.4 Å². The Morgan fingerprint density at radius 1 is 1.59 bits per heavy atom. The van der Waals surface area contributed by atoms with Crippen molar-refractivity contribution in [2.24, 2.45) is 0 Å². The average Bonchev–Trinajstić information content (AvgIpc) is 2.40. The maximum Gasteiger partial charge on any atom is 0.217 e. The molecule has 2 heterocycles. The second-order valence-corrected chi connectivity index (χ2v) is 4.59. The molecular formula is C13H21N3O. The normalized spacial score (nSPS) is 20.5. The first-order chi connectivity index (χ1) is 8.31. The highest BCUT2D eigenvalue weighted by molar-refractivity contribution is 5.25. The Bertz CT molecular complexity index is 350. The van der Waals surface area contributed by atoms with E-state index in [9.17, 15) is 0 Å². The van der Waals surface area contributed by atoms with Gasteiger partial charge in [0.1, 0.15) is 0 Å². The van der Waals surface area contributed by atoms with Gasteiger partial charge in [0.25, 0.3) is 0 Å². The maximum absolute atomic E-state index is 5.28. The SMILES string of the molecule is COc1ncccc1CN(C)C1CCCNC1. The summed E-state index contributed by atoms with van der Waals surface area (Å²) in [7, 11) is 3.85. The molecule has 4 nitrogen and oxygen atoms in total.